The summed E-state index contributed by atoms with van der Waals surface area (Å²) in [6.07, 6.45) is 1.17. The summed E-state index contributed by atoms with van der Waals surface area (Å²) in [4.78, 5) is 11.8. The maximum Gasteiger partial charge on any atom is 0.220 e. The molecule has 0 saturated heterocycles. The van der Waals surface area contributed by atoms with Gasteiger partial charge in [-0.3, -0.25) is 4.79 Å². The first kappa shape index (κ1) is 16.6. The third-order valence-electron chi connectivity index (χ3n) is 3.22. The second-order valence-corrected chi connectivity index (χ2v) is 6.09. The maximum absolute atomic E-state index is 11.8. The van der Waals surface area contributed by atoms with Crippen LogP contribution in [0.4, 0.5) is 0 Å². The predicted octanol–water partition coefficient (Wildman–Crippen LogP) is 4.23. The van der Waals surface area contributed by atoms with Crippen molar-refractivity contribution in [3.8, 4) is 5.75 Å². The van der Waals surface area contributed by atoms with Gasteiger partial charge in [-0.1, -0.05) is 51.8 Å². The van der Waals surface area contributed by atoms with E-state index in [1.807, 2.05) is 55.5 Å². The molecule has 0 heterocycles. The van der Waals surface area contributed by atoms with Gasteiger partial charge in [0.05, 0.1) is 6.61 Å². The number of amides is 1. The molecule has 1 N–H and O–H groups in total. The number of hydrogen-bond acceptors (Lipinski definition) is 2. The summed E-state index contributed by atoms with van der Waals surface area (Å²) in [5, 5.41) is 2.92. The van der Waals surface area contributed by atoms with Gasteiger partial charge in [0.1, 0.15) is 5.75 Å². The van der Waals surface area contributed by atoms with Crippen LogP contribution in [0.15, 0.2) is 53.0 Å². The first-order chi connectivity index (χ1) is 10.6. The fourth-order valence-corrected chi connectivity index (χ4v) is 2.35. The van der Waals surface area contributed by atoms with Gasteiger partial charge in [-0.2, -0.15) is 0 Å². The predicted molar refractivity (Wildman–Crippen MR) is 91.9 cm³/mol. The molecule has 22 heavy (non-hydrogen) atoms. The standard InChI is InChI=1S/C18H20BrNO2/c1-14-7-9-15(10-8-14)13-20-18(21)6-3-11-22-17-5-2-4-16(19)12-17/h2,4-5,7-10,12H,3,6,11,13H2,1H3,(H,20,21). The van der Waals surface area contributed by atoms with E-state index in [2.05, 4.69) is 21.2 Å². The quantitative estimate of drug-likeness (QED) is 0.749. The Hall–Kier alpha value is -1.81. The fourth-order valence-electron chi connectivity index (χ4n) is 1.97. The monoisotopic (exact) mass is 361 g/mol. The van der Waals surface area contributed by atoms with Gasteiger partial charge >= 0.3 is 0 Å². The van der Waals surface area contributed by atoms with Crippen molar-refractivity contribution in [2.45, 2.75) is 26.3 Å². The van der Waals surface area contributed by atoms with Crippen LogP contribution in [0.1, 0.15) is 24.0 Å². The molecular formula is C18H20BrNO2. The fraction of sp³-hybridized carbons (Fsp3) is 0.278. The molecule has 1 amide bonds. The lowest BCUT2D eigenvalue weighted by atomic mass is 10.1. The maximum atomic E-state index is 11.8. The van der Waals surface area contributed by atoms with Crippen molar-refractivity contribution in [3.63, 3.8) is 0 Å². The zero-order valence-electron chi connectivity index (χ0n) is 12.6. The number of nitrogens with one attached hydrogen (secondary N) is 1. The first-order valence-corrected chi connectivity index (χ1v) is 8.13. The van der Waals surface area contributed by atoms with Crippen LogP contribution in [-0.4, -0.2) is 12.5 Å². The molecule has 0 aliphatic carbocycles. The molecule has 2 rings (SSSR count). The Morgan fingerprint density at radius 2 is 1.95 bits per heavy atom. The van der Waals surface area contributed by atoms with Gasteiger partial charge in [0.25, 0.3) is 0 Å². The molecule has 0 unspecified atom stereocenters. The lowest BCUT2D eigenvalue weighted by Crippen LogP contribution is -2.22. The Labute approximate surface area is 139 Å². The molecule has 2 aromatic rings. The number of aryl methyl sites for hydroxylation is 1. The third kappa shape index (κ3) is 5.90. The Balaban J connectivity index is 1.62. The van der Waals surface area contributed by atoms with Crippen molar-refractivity contribution in [2.24, 2.45) is 0 Å². The third-order valence-corrected chi connectivity index (χ3v) is 3.72. The minimum absolute atomic E-state index is 0.0541. The molecule has 0 saturated carbocycles. The van der Waals surface area contributed by atoms with Gasteiger partial charge < -0.3 is 10.1 Å². The smallest absolute Gasteiger partial charge is 0.220 e. The molecular weight excluding hydrogens is 342 g/mol. The minimum Gasteiger partial charge on any atom is -0.494 e. The van der Waals surface area contributed by atoms with Crippen molar-refractivity contribution in [3.05, 3.63) is 64.1 Å². The highest BCUT2D eigenvalue weighted by molar-refractivity contribution is 9.10. The van der Waals surface area contributed by atoms with Crippen LogP contribution >= 0.6 is 15.9 Å². The molecule has 0 aromatic heterocycles. The van der Waals surface area contributed by atoms with Crippen LogP contribution in [0.2, 0.25) is 0 Å². The number of halogens is 1. The number of hydrogen-bond donors (Lipinski definition) is 1. The van der Waals surface area contributed by atoms with Crippen molar-refractivity contribution in [2.75, 3.05) is 6.61 Å². The van der Waals surface area contributed by atoms with Crippen LogP contribution in [0, 0.1) is 6.92 Å². The van der Waals surface area contributed by atoms with Crippen LogP contribution in [-0.2, 0) is 11.3 Å². The Morgan fingerprint density at radius 1 is 1.18 bits per heavy atom. The molecule has 116 valence electrons. The zero-order chi connectivity index (χ0) is 15.8. The van der Waals surface area contributed by atoms with Gasteiger partial charge in [-0.15, -0.1) is 0 Å². The largest absolute Gasteiger partial charge is 0.494 e. The Kier molecular flexibility index (Phi) is 6.46. The number of rotatable bonds is 7. The summed E-state index contributed by atoms with van der Waals surface area (Å²) in [5.74, 6) is 0.868. The van der Waals surface area contributed by atoms with E-state index >= 15 is 0 Å². The summed E-state index contributed by atoms with van der Waals surface area (Å²) >= 11 is 3.40. The van der Waals surface area contributed by atoms with Crippen molar-refractivity contribution >= 4 is 21.8 Å². The van der Waals surface area contributed by atoms with E-state index in [1.165, 1.54) is 5.56 Å². The second-order valence-electron chi connectivity index (χ2n) is 5.17. The van der Waals surface area contributed by atoms with Gasteiger partial charge in [-0.25, -0.2) is 0 Å². The zero-order valence-corrected chi connectivity index (χ0v) is 14.2. The van der Waals surface area contributed by atoms with E-state index in [4.69, 9.17) is 4.74 Å². The molecule has 0 spiro atoms. The second kappa shape index (κ2) is 8.59. The summed E-state index contributed by atoms with van der Waals surface area (Å²) in [6.45, 7) is 3.16. The first-order valence-electron chi connectivity index (χ1n) is 7.34. The Bertz CT molecular complexity index is 611. The van der Waals surface area contributed by atoms with Crippen LogP contribution < -0.4 is 10.1 Å². The highest BCUT2D eigenvalue weighted by Crippen LogP contribution is 2.17. The molecule has 0 radical (unpaired) electrons. The normalized spacial score (nSPS) is 10.3. The number of carbonyl (C=O) groups excluding carboxylic acids is 1. The van der Waals surface area contributed by atoms with Gasteiger partial charge in [-0.05, 0) is 37.1 Å². The highest BCUT2D eigenvalue weighted by atomic mass is 79.9. The van der Waals surface area contributed by atoms with Crippen molar-refractivity contribution in [1.82, 2.24) is 5.32 Å². The van der Waals surface area contributed by atoms with Crippen LogP contribution in [0.3, 0.4) is 0 Å². The summed E-state index contributed by atoms with van der Waals surface area (Å²) in [5.41, 5.74) is 2.34. The van der Waals surface area contributed by atoms with E-state index in [9.17, 15) is 4.79 Å². The molecule has 0 aliphatic heterocycles. The van der Waals surface area contributed by atoms with E-state index in [0.29, 0.717) is 26.0 Å². The topological polar surface area (TPSA) is 38.3 Å². The summed E-state index contributed by atoms with van der Waals surface area (Å²) < 4.78 is 6.59. The number of ether oxygens (including phenoxy) is 1. The van der Waals surface area contributed by atoms with Gasteiger partial charge in [0.2, 0.25) is 5.91 Å². The average Bonchev–Trinajstić information content (AvgIpc) is 2.51. The van der Waals surface area contributed by atoms with E-state index in [1.54, 1.807) is 0 Å². The van der Waals surface area contributed by atoms with Gasteiger partial charge in [0.15, 0.2) is 0 Å². The lowest BCUT2D eigenvalue weighted by molar-refractivity contribution is -0.121. The number of benzene rings is 2. The molecule has 0 aliphatic rings. The van der Waals surface area contributed by atoms with Gasteiger partial charge in [0, 0.05) is 17.4 Å². The van der Waals surface area contributed by atoms with E-state index in [-0.39, 0.29) is 5.91 Å². The molecule has 0 atom stereocenters. The van der Waals surface area contributed by atoms with Crippen LogP contribution in [0.25, 0.3) is 0 Å². The molecule has 4 heteroatoms. The molecule has 2 aromatic carbocycles. The lowest BCUT2D eigenvalue weighted by Gasteiger charge is -2.07. The number of carbonyl (C=O) groups is 1. The average molecular weight is 362 g/mol. The minimum atomic E-state index is 0.0541. The SMILES string of the molecule is Cc1ccc(CNC(=O)CCCOc2cccc(Br)c2)cc1. The van der Waals surface area contributed by atoms with E-state index < -0.39 is 0 Å². The highest BCUT2D eigenvalue weighted by Gasteiger charge is 2.02. The van der Waals surface area contributed by atoms with Crippen molar-refractivity contribution in [1.29, 1.82) is 0 Å². The summed E-state index contributed by atoms with van der Waals surface area (Å²) in [7, 11) is 0. The molecule has 0 bridgehead atoms. The molecule has 3 nitrogen and oxygen atoms in total. The summed E-state index contributed by atoms with van der Waals surface area (Å²) in [6, 6.07) is 15.9. The molecule has 0 fully saturated rings. The Morgan fingerprint density at radius 3 is 2.68 bits per heavy atom. The van der Waals surface area contributed by atoms with E-state index in [0.717, 1.165) is 15.8 Å². The van der Waals surface area contributed by atoms with Crippen LogP contribution in [0.5, 0.6) is 5.75 Å². The van der Waals surface area contributed by atoms with Crippen molar-refractivity contribution < 1.29 is 9.53 Å².